The number of carbonyl (C=O) groups excluding carboxylic acids is 2. The van der Waals surface area contributed by atoms with Crippen molar-refractivity contribution >= 4 is 28.3 Å². The van der Waals surface area contributed by atoms with Crippen LogP contribution in [0.2, 0.25) is 0 Å². The monoisotopic (exact) mass is 295 g/mol. The van der Waals surface area contributed by atoms with Gasteiger partial charge in [0.2, 0.25) is 5.91 Å². The van der Waals surface area contributed by atoms with Gasteiger partial charge in [-0.15, -0.1) is 11.3 Å². The zero-order valence-electron chi connectivity index (χ0n) is 11.3. The van der Waals surface area contributed by atoms with Crippen molar-refractivity contribution in [3.63, 3.8) is 0 Å². The first-order valence-electron chi connectivity index (χ1n) is 6.87. The number of thiazole rings is 1. The minimum atomic E-state index is -0.228. The lowest BCUT2D eigenvalue weighted by atomic mass is 10.1. The Morgan fingerprint density at radius 3 is 3.20 bits per heavy atom. The first-order valence-corrected chi connectivity index (χ1v) is 7.68. The van der Waals surface area contributed by atoms with Crippen molar-refractivity contribution in [2.45, 2.75) is 25.7 Å². The maximum atomic E-state index is 11.9. The molecule has 0 bridgehead atoms. The molecule has 0 spiro atoms. The van der Waals surface area contributed by atoms with Gasteiger partial charge in [-0.05, 0) is 19.8 Å². The van der Waals surface area contributed by atoms with E-state index in [4.69, 9.17) is 4.74 Å². The summed E-state index contributed by atoms with van der Waals surface area (Å²) in [6, 6.07) is 0. The standard InChI is InChI=1S/C13H17N3O3S/c1-2-19-12(18)8-3-4-9-11(8)15-13(20-9)16-6-5-14-10(17)7-16/h8H,2-7H2,1H3,(H,14,17). The zero-order chi connectivity index (χ0) is 14.1. The second-order valence-electron chi connectivity index (χ2n) is 4.92. The SMILES string of the molecule is CCOC(=O)C1CCc2sc(N3CCNC(=O)C3)nc21. The Hall–Kier alpha value is -1.63. The molecule has 1 aromatic heterocycles. The van der Waals surface area contributed by atoms with E-state index in [1.165, 1.54) is 0 Å². The van der Waals surface area contributed by atoms with E-state index < -0.39 is 0 Å². The van der Waals surface area contributed by atoms with E-state index in [1.54, 1.807) is 11.3 Å². The highest BCUT2D eigenvalue weighted by molar-refractivity contribution is 7.15. The molecule has 1 unspecified atom stereocenters. The van der Waals surface area contributed by atoms with Crippen molar-refractivity contribution in [1.29, 1.82) is 0 Å². The molecule has 1 fully saturated rings. The first kappa shape index (κ1) is 13.4. The number of amides is 1. The van der Waals surface area contributed by atoms with E-state index in [1.807, 2.05) is 11.8 Å². The summed E-state index contributed by atoms with van der Waals surface area (Å²) in [6.07, 6.45) is 1.66. The molecular weight excluding hydrogens is 278 g/mol. The number of aromatic nitrogens is 1. The lowest BCUT2D eigenvalue weighted by Crippen LogP contribution is -2.47. The smallest absolute Gasteiger partial charge is 0.315 e. The molecule has 1 saturated heterocycles. The zero-order valence-corrected chi connectivity index (χ0v) is 12.2. The third-order valence-corrected chi connectivity index (χ3v) is 4.78. The molecule has 1 aliphatic heterocycles. The van der Waals surface area contributed by atoms with Gasteiger partial charge >= 0.3 is 5.97 Å². The molecule has 1 aliphatic carbocycles. The number of ether oxygens (including phenoxy) is 1. The normalized spacial score (nSPS) is 21.6. The van der Waals surface area contributed by atoms with E-state index in [-0.39, 0.29) is 17.8 Å². The molecule has 3 rings (SSSR count). The summed E-state index contributed by atoms with van der Waals surface area (Å²) in [7, 11) is 0. The summed E-state index contributed by atoms with van der Waals surface area (Å²) in [5.74, 6) is -0.387. The minimum absolute atomic E-state index is 0.0218. The lowest BCUT2D eigenvalue weighted by Gasteiger charge is -2.26. The van der Waals surface area contributed by atoms with Crippen LogP contribution in [-0.2, 0) is 20.7 Å². The van der Waals surface area contributed by atoms with Crippen LogP contribution in [-0.4, -0.2) is 43.1 Å². The van der Waals surface area contributed by atoms with Gasteiger partial charge in [0, 0.05) is 18.0 Å². The third kappa shape index (κ3) is 2.37. The molecule has 108 valence electrons. The number of nitrogens with zero attached hydrogens (tertiary/aromatic N) is 2. The summed E-state index contributed by atoms with van der Waals surface area (Å²) in [5.41, 5.74) is 0.856. The van der Waals surface area contributed by atoms with E-state index >= 15 is 0 Å². The van der Waals surface area contributed by atoms with Crippen LogP contribution in [0.25, 0.3) is 0 Å². The van der Waals surface area contributed by atoms with Crippen molar-refractivity contribution in [2.75, 3.05) is 31.1 Å². The molecule has 6 nitrogen and oxygen atoms in total. The Bertz CT molecular complexity index is 543. The number of hydrogen-bond donors (Lipinski definition) is 1. The Kier molecular flexibility index (Phi) is 3.60. The van der Waals surface area contributed by atoms with Gasteiger partial charge in [0.15, 0.2) is 5.13 Å². The molecule has 20 heavy (non-hydrogen) atoms. The highest BCUT2D eigenvalue weighted by atomic mass is 32.1. The number of nitrogens with one attached hydrogen (secondary N) is 1. The van der Waals surface area contributed by atoms with Crippen LogP contribution < -0.4 is 10.2 Å². The molecular formula is C13H17N3O3S. The van der Waals surface area contributed by atoms with Gasteiger partial charge in [0.1, 0.15) is 5.92 Å². The van der Waals surface area contributed by atoms with Crippen molar-refractivity contribution in [3.8, 4) is 0 Å². The second kappa shape index (κ2) is 5.40. The Morgan fingerprint density at radius 2 is 2.45 bits per heavy atom. The largest absolute Gasteiger partial charge is 0.465 e. The van der Waals surface area contributed by atoms with Crippen molar-refractivity contribution < 1.29 is 14.3 Å². The number of carbonyl (C=O) groups is 2. The third-order valence-electron chi connectivity index (χ3n) is 3.59. The molecule has 1 atom stereocenters. The second-order valence-corrected chi connectivity index (χ2v) is 5.98. The van der Waals surface area contributed by atoms with Crippen LogP contribution in [0, 0.1) is 0 Å². The predicted octanol–water partition coefficient (Wildman–Crippen LogP) is 0.672. The number of rotatable bonds is 3. The van der Waals surface area contributed by atoms with Crippen LogP contribution in [0.3, 0.4) is 0 Å². The lowest BCUT2D eigenvalue weighted by molar-refractivity contribution is -0.145. The molecule has 2 heterocycles. The van der Waals surface area contributed by atoms with Gasteiger partial charge in [-0.1, -0.05) is 0 Å². The average Bonchev–Trinajstić information content (AvgIpc) is 2.98. The number of aryl methyl sites for hydroxylation is 1. The van der Waals surface area contributed by atoms with Gasteiger partial charge in [-0.3, -0.25) is 9.59 Å². The van der Waals surface area contributed by atoms with Crippen LogP contribution in [0.1, 0.15) is 29.8 Å². The highest BCUT2D eigenvalue weighted by Gasteiger charge is 2.34. The number of fused-ring (bicyclic) bond motifs is 1. The molecule has 7 heteroatoms. The summed E-state index contributed by atoms with van der Waals surface area (Å²) in [6.45, 7) is 3.96. The van der Waals surface area contributed by atoms with Crippen molar-refractivity contribution in [3.05, 3.63) is 10.6 Å². The van der Waals surface area contributed by atoms with Crippen molar-refractivity contribution in [1.82, 2.24) is 10.3 Å². The van der Waals surface area contributed by atoms with E-state index in [9.17, 15) is 9.59 Å². The average molecular weight is 295 g/mol. The summed E-state index contributed by atoms with van der Waals surface area (Å²) >= 11 is 1.60. The number of piperazine rings is 1. The van der Waals surface area contributed by atoms with Crippen LogP contribution in [0.5, 0.6) is 0 Å². The topological polar surface area (TPSA) is 71.5 Å². The fourth-order valence-corrected chi connectivity index (χ4v) is 3.79. The van der Waals surface area contributed by atoms with Crippen LogP contribution >= 0.6 is 11.3 Å². The summed E-state index contributed by atoms with van der Waals surface area (Å²) in [5, 5.41) is 3.64. The quantitative estimate of drug-likeness (QED) is 0.830. The predicted molar refractivity (Wildman–Crippen MR) is 75.0 cm³/mol. The molecule has 1 aromatic rings. The van der Waals surface area contributed by atoms with E-state index in [2.05, 4.69) is 10.3 Å². The first-order chi connectivity index (χ1) is 9.69. The van der Waals surface area contributed by atoms with E-state index in [0.717, 1.165) is 35.1 Å². The summed E-state index contributed by atoms with van der Waals surface area (Å²) < 4.78 is 5.10. The fourth-order valence-electron chi connectivity index (χ4n) is 2.62. The number of esters is 1. The fraction of sp³-hybridized carbons (Fsp3) is 0.615. The highest BCUT2D eigenvalue weighted by Crippen LogP contribution is 2.40. The molecule has 0 saturated carbocycles. The summed E-state index contributed by atoms with van der Waals surface area (Å²) in [4.78, 5) is 31.1. The Morgan fingerprint density at radius 1 is 1.60 bits per heavy atom. The Labute approximate surface area is 121 Å². The van der Waals surface area contributed by atoms with Gasteiger partial charge in [-0.2, -0.15) is 0 Å². The van der Waals surface area contributed by atoms with Gasteiger partial charge < -0.3 is 15.0 Å². The maximum Gasteiger partial charge on any atom is 0.315 e. The number of anilines is 1. The van der Waals surface area contributed by atoms with Gasteiger partial charge in [0.25, 0.3) is 0 Å². The van der Waals surface area contributed by atoms with Gasteiger partial charge in [-0.25, -0.2) is 4.98 Å². The van der Waals surface area contributed by atoms with Crippen LogP contribution in [0.4, 0.5) is 5.13 Å². The Balaban J connectivity index is 1.79. The van der Waals surface area contributed by atoms with Crippen LogP contribution in [0.15, 0.2) is 0 Å². The molecule has 0 aromatic carbocycles. The molecule has 1 N–H and O–H groups in total. The minimum Gasteiger partial charge on any atom is -0.465 e. The molecule has 2 aliphatic rings. The maximum absolute atomic E-state index is 11.9. The molecule has 1 amide bonds. The number of hydrogen-bond acceptors (Lipinski definition) is 6. The molecule has 0 radical (unpaired) electrons. The van der Waals surface area contributed by atoms with Gasteiger partial charge in [0.05, 0.1) is 18.8 Å². The van der Waals surface area contributed by atoms with Crippen molar-refractivity contribution in [2.24, 2.45) is 0 Å². The van der Waals surface area contributed by atoms with E-state index in [0.29, 0.717) is 19.7 Å².